The lowest BCUT2D eigenvalue weighted by atomic mass is 9.73. The number of halogens is 1. The van der Waals surface area contributed by atoms with Gasteiger partial charge in [-0.2, -0.15) is 0 Å². The van der Waals surface area contributed by atoms with E-state index in [4.69, 9.17) is 9.47 Å². The molecular formula is C23H28FN3O3. The van der Waals surface area contributed by atoms with Gasteiger partial charge in [0.15, 0.2) is 0 Å². The van der Waals surface area contributed by atoms with E-state index in [2.05, 4.69) is 15.2 Å². The summed E-state index contributed by atoms with van der Waals surface area (Å²) in [7, 11) is 0. The van der Waals surface area contributed by atoms with Gasteiger partial charge in [0.25, 0.3) is 0 Å². The molecule has 0 bridgehead atoms. The van der Waals surface area contributed by atoms with Crippen LogP contribution in [0.15, 0.2) is 48.8 Å². The average molecular weight is 413 g/mol. The monoisotopic (exact) mass is 413 g/mol. The Balaban J connectivity index is 1.56. The van der Waals surface area contributed by atoms with Gasteiger partial charge < -0.3 is 14.8 Å². The first-order chi connectivity index (χ1) is 14.7. The number of morpholine rings is 1. The minimum absolute atomic E-state index is 0.0101. The maximum Gasteiger partial charge on any atom is 0.231 e. The van der Waals surface area contributed by atoms with Gasteiger partial charge in [-0.1, -0.05) is 24.3 Å². The summed E-state index contributed by atoms with van der Waals surface area (Å²) in [4.78, 5) is 20.1. The Morgan fingerprint density at radius 1 is 1.10 bits per heavy atom. The molecule has 0 saturated carbocycles. The Bertz CT molecular complexity index is 837. The summed E-state index contributed by atoms with van der Waals surface area (Å²) in [6.45, 7) is 4.24. The number of hydrogen-bond acceptors (Lipinski definition) is 5. The van der Waals surface area contributed by atoms with E-state index in [1.54, 1.807) is 24.4 Å². The van der Waals surface area contributed by atoms with Crippen LogP contribution in [-0.2, 0) is 19.7 Å². The van der Waals surface area contributed by atoms with Gasteiger partial charge in [0.1, 0.15) is 5.82 Å². The van der Waals surface area contributed by atoms with E-state index in [0.717, 1.165) is 18.7 Å². The van der Waals surface area contributed by atoms with Gasteiger partial charge in [-0.05, 0) is 30.5 Å². The Hall–Kier alpha value is -2.35. The third-order valence-electron chi connectivity index (χ3n) is 6.18. The Kier molecular flexibility index (Phi) is 6.72. The van der Waals surface area contributed by atoms with Crippen LogP contribution in [0.1, 0.15) is 30.0 Å². The molecule has 0 unspecified atom stereocenters. The minimum atomic E-state index is -0.909. The molecule has 1 amide bonds. The van der Waals surface area contributed by atoms with Gasteiger partial charge in [0, 0.05) is 50.8 Å². The smallest absolute Gasteiger partial charge is 0.231 e. The molecule has 1 aromatic carbocycles. The molecule has 2 aliphatic rings. The Morgan fingerprint density at radius 2 is 1.83 bits per heavy atom. The zero-order valence-corrected chi connectivity index (χ0v) is 17.1. The molecule has 2 fully saturated rings. The quantitative estimate of drug-likeness (QED) is 0.788. The molecule has 3 heterocycles. The molecule has 2 aliphatic heterocycles. The van der Waals surface area contributed by atoms with Crippen molar-refractivity contribution in [2.75, 3.05) is 46.1 Å². The second kappa shape index (κ2) is 9.64. The molecule has 4 rings (SSSR count). The van der Waals surface area contributed by atoms with Gasteiger partial charge >= 0.3 is 0 Å². The Labute approximate surface area is 176 Å². The molecule has 2 aromatic rings. The predicted octanol–water partition coefficient (Wildman–Crippen LogP) is 2.46. The van der Waals surface area contributed by atoms with Crippen LogP contribution in [0.25, 0.3) is 0 Å². The van der Waals surface area contributed by atoms with Crippen LogP contribution in [0, 0.1) is 5.82 Å². The summed E-state index contributed by atoms with van der Waals surface area (Å²) in [6.07, 6.45) is 4.52. The van der Waals surface area contributed by atoms with Crippen LogP contribution >= 0.6 is 0 Å². The molecular weight excluding hydrogens is 385 g/mol. The highest BCUT2D eigenvalue weighted by molar-refractivity contribution is 5.88. The van der Waals surface area contributed by atoms with Gasteiger partial charge in [-0.3, -0.25) is 14.7 Å². The van der Waals surface area contributed by atoms with Crippen LogP contribution in [0.4, 0.5) is 4.39 Å². The molecule has 2 saturated heterocycles. The first kappa shape index (κ1) is 20.9. The number of benzene rings is 1. The van der Waals surface area contributed by atoms with Crippen molar-refractivity contribution in [1.82, 2.24) is 15.2 Å². The van der Waals surface area contributed by atoms with Crippen LogP contribution in [0.5, 0.6) is 0 Å². The molecule has 6 nitrogen and oxygen atoms in total. The van der Waals surface area contributed by atoms with Crippen LogP contribution in [-0.4, -0.2) is 61.9 Å². The van der Waals surface area contributed by atoms with Crippen LogP contribution in [0.3, 0.4) is 0 Å². The number of carbonyl (C=O) groups excluding carboxylic acids is 1. The third-order valence-corrected chi connectivity index (χ3v) is 6.18. The van der Waals surface area contributed by atoms with Crippen molar-refractivity contribution in [3.63, 3.8) is 0 Å². The number of carbonyl (C=O) groups is 1. The molecule has 0 spiro atoms. The van der Waals surface area contributed by atoms with E-state index in [9.17, 15) is 9.18 Å². The number of hydrogen-bond donors (Lipinski definition) is 1. The Morgan fingerprint density at radius 3 is 2.53 bits per heavy atom. The first-order valence-electron chi connectivity index (χ1n) is 10.5. The fourth-order valence-electron chi connectivity index (χ4n) is 4.47. The van der Waals surface area contributed by atoms with Gasteiger partial charge in [-0.25, -0.2) is 4.39 Å². The van der Waals surface area contributed by atoms with Crippen molar-refractivity contribution in [3.05, 3.63) is 65.7 Å². The zero-order chi connectivity index (χ0) is 20.8. The highest BCUT2D eigenvalue weighted by Crippen LogP contribution is 2.37. The first-order valence-corrected chi connectivity index (χ1v) is 10.5. The van der Waals surface area contributed by atoms with Crippen molar-refractivity contribution in [3.8, 4) is 0 Å². The second-order valence-electron chi connectivity index (χ2n) is 7.83. The van der Waals surface area contributed by atoms with Gasteiger partial charge in [0.05, 0.1) is 24.7 Å². The topological polar surface area (TPSA) is 63.7 Å². The zero-order valence-electron chi connectivity index (χ0n) is 17.1. The normalized spacial score (nSPS) is 20.4. The van der Waals surface area contributed by atoms with E-state index in [1.807, 2.05) is 18.3 Å². The van der Waals surface area contributed by atoms with Gasteiger partial charge in [0.2, 0.25) is 5.91 Å². The lowest BCUT2D eigenvalue weighted by molar-refractivity contribution is -0.131. The lowest BCUT2D eigenvalue weighted by Gasteiger charge is -2.38. The fourth-order valence-corrected chi connectivity index (χ4v) is 4.47. The maximum absolute atomic E-state index is 14.7. The summed E-state index contributed by atoms with van der Waals surface area (Å²) in [5, 5.41) is 3.14. The van der Waals surface area contributed by atoms with E-state index in [0.29, 0.717) is 51.4 Å². The van der Waals surface area contributed by atoms with E-state index in [-0.39, 0.29) is 17.8 Å². The molecule has 0 radical (unpaired) electrons. The highest BCUT2D eigenvalue weighted by atomic mass is 19.1. The standard InChI is InChI=1S/C23H28FN3O3/c24-20-6-2-1-5-19(20)23(7-12-29-13-8-23)22(28)26-17-21(18-4-3-9-25-16-18)27-10-14-30-15-11-27/h1-6,9,16,21H,7-8,10-15,17H2,(H,26,28)/t21-/m0/s1. The molecule has 160 valence electrons. The molecule has 1 aromatic heterocycles. The van der Waals surface area contributed by atoms with Crippen LogP contribution < -0.4 is 5.32 Å². The number of pyridine rings is 1. The average Bonchev–Trinajstić information content (AvgIpc) is 2.81. The van der Waals surface area contributed by atoms with Crippen molar-refractivity contribution in [2.24, 2.45) is 0 Å². The van der Waals surface area contributed by atoms with Crippen molar-refractivity contribution in [1.29, 1.82) is 0 Å². The summed E-state index contributed by atoms with van der Waals surface area (Å²) in [5.74, 6) is -0.482. The summed E-state index contributed by atoms with van der Waals surface area (Å²) in [5.41, 5.74) is 0.593. The molecule has 30 heavy (non-hydrogen) atoms. The van der Waals surface area contributed by atoms with Crippen LogP contribution in [0.2, 0.25) is 0 Å². The minimum Gasteiger partial charge on any atom is -0.381 e. The SMILES string of the molecule is O=C(NC[C@@H](c1cccnc1)N1CCOCC1)C1(c2ccccc2F)CCOCC1. The third kappa shape index (κ3) is 4.38. The number of nitrogens with one attached hydrogen (secondary N) is 1. The maximum atomic E-state index is 14.7. The van der Waals surface area contributed by atoms with Crippen molar-refractivity contribution < 1.29 is 18.7 Å². The number of ether oxygens (including phenoxy) is 2. The fraction of sp³-hybridized carbons (Fsp3) is 0.478. The molecule has 1 atom stereocenters. The number of nitrogens with zero attached hydrogens (tertiary/aromatic N) is 2. The lowest BCUT2D eigenvalue weighted by Crippen LogP contribution is -2.51. The number of amides is 1. The van der Waals surface area contributed by atoms with E-state index >= 15 is 0 Å². The summed E-state index contributed by atoms with van der Waals surface area (Å²) in [6, 6.07) is 10.5. The molecule has 7 heteroatoms. The van der Waals surface area contributed by atoms with E-state index in [1.165, 1.54) is 6.07 Å². The van der Waals surface area contributed by atoms with E-state index < -0.39 is 5.41 Å². The number of aromatic nitrogens is 1. The largest absolute Gasteiger partial charge is 0.381 e. The van der Waals surface area contributed by atoms with Gasteiger partial charge in [-0.15, -0.1) is 0 Å². The second-order valence-corrected chi connectivity index (χ2v) is 7.83. The summed E-state index contributed by atoms with van der Waals surface area (Å²) < 4.78 is 25.7. The summed E-state index contributed by atoms with van der Waals surface area (Å²) >= 11 is 0. The predicted molar refractivity (Wildman–Crippen MR) is 111 cm³/mol. The highest BCUT2D eigenvalue weighted by Gasteiger charge is 2.43. The van der Waals surface area contributed by atoms with Crippen molar-refractivity contribution >= 4 is 5.91 Å². The van der Waals surface area contributed by atoms with Crippen molar-refractivity contribution in [2.45, 2.75) is 24.3 Å². The molecule has 1 N–H and O–H groups in total. The number of rotatable bonds is 6. The molecule has 0 aliphatic carbocycles.